The average Bonchev–Trinajstić information content (AvgIpc) is 2.65. The number of hydrogen-bond donors (Lipinski definition) is 1. The smallest absolute Gasteiger partial charge is 0.121 e. The molecule has 14 heavy (non-hydrogen) atoms. The molecule has 0 bridgehead atoms. The minimum absolute atomic E-state index is 0.644. The first kappa shape index (κ1) is 9.41. The highest BCUT2D eigenvalue weighted by atomic mass is 35.5. The lowest BCUT2D eigenvalue weighted by atomic mass is 10.2. The third kappa shape index (κ3) is 2.02. The number of benzene rings is 1. The summed E-state index contributed by atoms with van der Waals surface area (Å²) in [6.45, 7) is 0.676. The highest BCUT2D eigenvalue weighted by molar-refractivity contribution is 6.17. The monoisotopic (exact) mass is 209 g/mol. The molecule has 1 aromatic heterocycles. The number of halogens is 1. The predicted molar refractivity (Wildman–Crippen MR) is 59.1 cm³/mol. The molecule has 0 amide bonds. The molecular weight excluding hydrogens is 198 g/mol. The number of aromatic nitrogens is 1. The number of fused-ring (bicyclic) bond motifs is 1. The zero-order valence-corrected chi connectivity index (χ0v) is 8.55. The van der Waals surface area contributed by atoms with Crippen LogP contribution in [-0.4, -0.2) is 17.5 Å². The van der Waals surface area contributed by atoms with Crippen LogP contribution in [0.1, 0.15) is 6.42 Å². The maximum atomic E-state index is 5.56. The fourth-order valence-corrected chi connectivity index (χ4v) is 1.47. The van der Waals surface area contributed by atoms with Crippen molar-refractivity contribution in [2.45, 2.75) is 6.42 Å². The topological polar surface area (TPSA) is 25.0 Å². The molecule has 1 N–H and O–H groups in total. The van der Waals surface area contributed by atoms with Gasteiger partial charge < -0.3 is 9.72 Å². The van der Waals surface area contributed by atoms with Gasteiger partial charge >= 0.3 is 0 Å². The third-order valence-electron chi connectivity index (χ3n) is 2.07. The summed E-state index contributed by atoms with van der Waals surface area (Å²) in [5.74, 6) is 1.54. The second-order valence-corrected chi connectivity index (χ2v) is 3.50. The van der Waals surface area contributed by atoms with Gasteiger partial charge in [0, 0.05) is 23.7 Å². The molecule has 2 rings (SSSR count). The van der Waals surface area contributed by atoms with Crippen molar-refractivity contribution in [1.82, 2.24) is 4.98 Å². The van der Waals surface area contributed by atoms with Crippen molar-refractivity contribution in [1.29, 1.82) is 0 Å². The standard InChI is InChI=1S/C11H12ClNO/c12-5-1-7-14-10-3-2-9-4-6-13-11(9)8-10/h2-4,6,8,13H,1,5,7H2. The molecule has 0 spiro atoms. The Morgan fingerprint density at radius 3 is 3.07 bits per heavy atom. The number of H-pyrrole nitrogens is 1. The van der Waals surface area contributed by atoms with E-state index >= 15 is 0 Å². The van der Waals surface area contributed by atoms with Gasteiger partial charge in [-0.25, -0.2) is 0 Å². The van der Waals surface area contributed by atoms with Crippen molar-refractivity contribution in [3.8, 4) is 5.75 Å². The van der Waals surface area contributed by atoms with Crippen molar-refractivity contribution >= 4 is 22.5 Å². The summed E-state index contributed by atoms with van der Waals surface area (Å²) in [4.78, 5) is 3.14. The van der Waals surface area contributed by atoms with Crippen LogP contribution < -0.4 is 4.74 Å². The minimum Gasteiger partial charge on any atom is -0.493 e. The number of rotatable bonds is 4. The lowest BCUT2D eigenvalue weighted by Gasteiger charge is -2.04. The fraction of sp³-hybridized carbons (Fsp3) is 0.273. The van der Waals surface area contributed by atoms with E-state index in [0.717, 1.165) is 17.7 Å². The molecule has 2 nitrogen and oxygen atoms in total. The fourth-order valence-electron chi connectivity index (χ4n) is 1.36. The Balaban J connectivity index is 2.10. The van der Waals surface area contributed by atoms with Crippen molar-refractivity contribution < 1.29 is 4.74 Å². The van der Waals surface area contributed by atoms with Gasteiger partial charge in [-0.15, -0.1) is 11.6 Å². The molecule has 0 fully saturated rings. The quantitative estimate of drug-likeness (QED) is 0.607. The van der Waals surface area contributed by atoms with E-state index in [4.69, 9.17) is 16.3 Å². The molecule has 0 atom stereocenters. The van der Waals surface area contributed by atoms with E-state index in [0.29, 0.717) is 12.5 Å². The second kappa shape index (κ2) is 4.38. The van der Waals surface area contributed by atoms with E-state index in [-0.39, 0.29) is 0 Å². The van der Waals surface area contributed by atoms with Crippen LogP contribution >= 0.6 is 11.6 Å². The summed E-state index contributed by atoms with van der Waals surface area (Å²) in [7, 11) is 0. The first-order valence-corrected chi connectivity index (χ1v) is 5.19. The Morgan fingerprint density at radius 1 is 1.29 bits per heavy atom. The predicted octanol–water partition coefficient (Wildman–Crippen LogP) is 3.18. The first-order chi connectivity index (χ1) is 6.90. The molecule has 74 valence electrons. The summed E-state index contributed by atoms with van der Waals surface area (Å²) >= 11 is 5.56. The van der Waals surface area contributed by atoms with Gasteiger partial charge in [-0.3, -0.25) is 0 Å². The lowest BCUT2D eigenvalue weighted by molar-refractivity contribution is 0.319. The zero-order valence-electron chi connectivity index (χ0n) is 7.79. The van der Waals surface area contributed by atoms with E-state index in [1.165, 1.54) is 5.39 Å². The van der Waals surface area contributed by atoms with Gasteiger partial charge in [0.25, 0.3) is 0 Å². The van der Waals surface area contributed by atoms with Gasteiger partial charge in [-0.05, 0) is 30.0 Å². The summed E-state index contributed by atoms with van der Waals surface area (Å²) in [5.41, 5.74) is 1.10. The van der Waals surface area contributed by atoms with Crippen molar-refractivity contribution in [3.63, 3.8) is 0 Å². The molecule has 0 saturated carbocycles. The van der Waals surface area contributed by atoms with Crippen molar-refractivity contribution in [3.05, 3.63) is 30.5 Å². The summed E-state index contributed by atoms with van der Waals surface area (Å²) in [5, 5.41) is 1.20. The minimum atomic E-state index is 0.644. The molecule has 0 unspecified atom stereocenters. The van der Waals surface area contributed by atoms with E-state index in [2.05, 4.69) is 4.98 Å². The highest BCUT2D eigenvalue weighted by Gasteiger charge is 1.97. The maximum Gasteiger partial charge on any atom is 0.121 e. The van der Waals surface area contributed by atoms with Gasteiger partial charge in [0.05, 0.1) is 6.61 Å². The molecule has 1 heterocycles. The van der Waals surface area contributed by atoms with Crippen LogP contribution in [0.2, 0.25) is 0 Å². The van der Waals surface area contributed by atoms with Crippen LogP contribution in [0, 0.1) is 0 Å². The molecule has 3 heteroatoms. The number of hydrogen-bond acceptors (Lipinski definition) is 1. The number of alkyl halides is 1. The molecular formula is C11H12ClNO. The average molecular weight is 210 g/mol. The van der Waals surface area contributed by atoms with Crippen molar-refractivity contribution in [2.75, 3.05) is 12.5 Å². The SMILES string of the molecule is ClCCCOc1ccc2cc[nH]c2c1. The molecule has 0 radical (unpaired) electrons. The van der Waals surface area contributed by atoms with Crippen LogP contribution in [0.25, 0.3) is 10.9 Å². The summed E-state index contributed by atoms with van der Waals surface area (Å²) in [6.07, 6.45) is 2.80. The van der Waals surface area contributed by atoms with Gasteiger partial charge in [-0.2, -0.15) is 0 Å². The van der Waals surface area contributed by atoms with Crippen LogP contribution in [0.3, 0.4) is 0 Å². The number of aromatic amines is 1. The third-order valence-corrected chi connectivity index (χ3v) is 2.34. The highest BCUT2D eigenvalue weighted by Crippen LogP contribution is 2.19. The van der Waals surface area contributed by atoms with E-state index in [1.807, 2.05) is 30.5 Å². The Bertz CT molecular complexity index is 410. The Morgan fingerprint density at radius 2 is 2.21 bits per heavy atom. The molecule has 2 aromatic rings. The Hall–Kier alpha value is -1.15. The molecule has 0 aliphatic carbocycles. The van der Waals surface area contributed by atoms with Crippen LogP contribution in [0.15, 0.2) is 30.5 Å². The van der Waals surface area contributed by atoms with Gasteiger partial charge in [0.15, 0.2) is 0 Å². The Kier molecular flexibility index (Phi) is 2.94. The van der Waals surface area contributed by atoms with E-state index in [9.17, 15) is 0 Å². The maximum absolute atomic E-state index is 5.56. The van der Waals surface area contributed by atoms with E-state index < -0.39 is 0 Å². The largest absolute Gasteiger partial charge is 0.493 e. The Labute approximate surface area is 87.8 Å². The zero-order chi connectivity index (χ0) is 9.80. The molecule has 0 aliphatic rings. The number of ether oxygens (including phenoxy) is 1. The van der Waals surface area contributed by atoms with Gasteiger partial charge in [0.2, 0.25) is 0 Å². The van der Waals surface area contributed by atoms with Gasteiger partial charge in [0.1, 0.15) is 5.75 Å². The summed E-state index contributed by atoms with van der Waals surface area (Å²) in [6, 6.07) is 8.06. The van der Waals surface area contributed by atoms with Crippen LogP contribution in [0.5, 0.6) is 5.75 Å². The van der Waals surface area contributed by atoms with Crippen LogP contribution in [-0.2, 0) is 0 Å². The molecule has 0 saturated heterocycles. The van der Waals surface area contributed by atoms with Crippen molar-refractivity contribution in [2.24, 2.45) is 0 Å². The second-order valence-electron chi connectivity index (χ2n) is 3.12. The lowest BCUT2D eigenvalue weighted by Crippen LogP contribution is -1.97. The first-order valence-electron chi connectivity index (χ1n) is 4.66. The normalized spacial score (nSPS) is 10.6. The summed E-state index contributed by atoms with van der Waals surface area (Å²) < 4.78 is 5.52. The van der Waals surface area contributed by atoms with Gasteiger partial charge in [-0.1, -0.05) is 0 Å². The molecule has 0 aliphatic heterocycles. The number of nitrogens with one attached hydrogen (secondary N) is 1. The van der Waals surface area contributed by atoms with E-state index in [1.54, 1.807) is 0 Å². The molecule has 1 aromatic carbocycles. The van der Waals surface area contributed by atoms with Crippen LogP contribution in [0.4, 0.5) is 0 Å².